The van der Waals surface area contributed by atoms with Gasteiger partial charge in [0.15, 0.2) is 11.6 Å². The summed E-state index contributed by atoms with van der Waals surface area (Å²) in [6, 6.07) is 50.7. The van der Waals surface area contributed by atoms with Gasteiger partial charge in [-0.05, 0) is 23.3 Å². The number of hydrogen-bond acceptors (Lipinski definition) is 4. The van der Waals surface area contributed by atoms with Gasteiger partial charge in [0, 0.05) is 42.1 Å². The van der Waals surface area contributed by atoms with Crippen LogP contribution in [0, 0.1) is 0 Å². The third kappa shape index (κ3) is 3.87. The van der Waals surface area contributed by atoms with Crippen molar-refractivity contribution >= 4 is 53.3 Å². The zero-order valence-electron chi connectivity index (χ0n) is 23.6. The third-order valence-electron chi connectivity index (χ3n) is 8.27. The highest BCUT2D eigenvalue weighted by Gasteiger charge is 2.22. The number of benzene rings is 6. The molecule has 3 heterocycles. The summed E-state index contributed by atoms with van der Waals surface area (Å²) in [4.78, 5) is 15.3. The molecule has 0 atom stereocenters. The highest BCUT2D eigenvalue weighted by Crippen LogP contribution is 2.45. The fourth-order valence-corrected chi connectivity index (χ4v) is 7.53. The van der Waals surface area contributed by atoms with E-state index in [0.29, 0.717) is 17.6 Å². The summed E-state index contributed by atoms with van der Waals surface area (Å²) in [5, 5.41) is 4.81. The fourth-order valence-electron chi connectivity index (χ4n) is 6.29. The van der Waals surface area contributed by atoms with Crippen molar-refractivity contribution < 1.29 is 0 Å². The Morgan fingerprint density at radius 3 is 1.73 bits per heavy atom. The second kappa shape index (κ2) is 9.97. The second-order valence-corrected chi connectivity index (χ2v) is 11.9. The van der Waals surface area contributed by atoms with Gasteiger partial charge in [-0.25, -0.2) is 4.98 Å². The predicted molar refractivity (Wildman–Crippen MR) is 183 cm³/mol. The van der Waals surface area contributed by atoms with Crippen molar-refractivity contribution in [2.75, 3.05) is 0 Å². The lowest BCUT2D eigenvalue weighted by Gasteiger charge is -2.11. The molecule has 44 heavy (non-hydrogen) atoms. The van der Waals surface area contributed by atoms with Gasteiger partial charge < -0.3 is 0 Å². The first kappa shape index (κ1) is 24.9. The van der Waals surface area contributed by atoms with E-state index >= 15 is 0 Å². The molecule has 9 aromatic rings. The summed E-state index contributed by atoms with van der Waals surface area (Å²) in [5.41, 5.74) is 6.56. The molecule has 3 aromatic heterocycles. The van der Waals surface area contributed by atoms with Gasteiger partial charge in [0.2, 0.25) is 5.95 Å². The molecule has 0 aliphatic rings. The van der Waals surface area contributed by atoms with Crippen molar-refractivity contribution in [1.29, 1.82) is 0 Å². The molecule has 0 radical (unpaired) electrons. The number of aromatic nitrogens is 4. The molecular formula is C39H24N4S. The minimum absolute atomic E-state index is 0.606. The number of rotatable bonds is 4. The van der Waals surface area contributed by atoms with Gasteiger partial charge in [0.1, 0.15) is 0 Å². The van der Waals surface area contributed by atoms with Crippen molar-refractivity contribution in [1.82, 2.24) is 19.5 Å². The molecule has 5 heteroatoms. The molecule has 0 aliphatic carbocycles. The molecule has 206 valence electrons. The number of para-hydroxylation sites is 1. The molecule has 0 aliphatic heterocycles. The van der Waals surface area contributed by atoms with E-state index in [2.05, 4.69) is 114 Å². The smallest absolute Gasteiger partial charge is 0.238 e. The van der Waals surface area contributed by atoms with Gasteiger partial charge in [-0.2, -0.15) is 9.97 Å². The maximum Gasteiger partial charge on any atom is 0.238 e. The molecule has 0 N–H and O–H groups in total. The van der Waals surface area contributed by atoms with E-state index in [4.69, 9.17) is 15.0 Å². The molecule has 6 aromatic carbocycles. The first-order valence-electron chi connectivity index (χ1n) is 14.6. The van der Waals surface area contributed by atoms with E-state index in [1.807, 2.05) is 47.7 Å². The Morgan fingerprint density at radius 1 is 0.455 bits per heavy atom. The number of hydrogen-bond donors (Lipinski definition) is 0. The van der Waals surface area contributed by atoms with Gasteiger partial charge in [0.25, 0.3) is 0 Å². The molecular weight excluding hydrogens is 557 g/mol. The topological polar surface area (TPSA) is 43.6 Å². The van der Waals surface area contributed by atoms with Crippen LogP contribution in [0.1, 0.15) is 0 Å². The van der Waals surface area contributed by atoms with Crippen molar-refractivity contribution in [3.63, 3.8) is 0 Å². The normalized spacial score (nSPS) is 11.6. The van der Waals surface area contributed by atoms with E-state index < -0.39 is 0 Å². The van der Waals surface area contributed by atoms with Crippen LogP contribution in [0.15, 0.2) is 146 Å². The van der Waals surface area contributed by atoms with Gasteiger partial charge >= 0.3 is 0 Å². The first-order chi connectivity index (χ1) is 21.8. The minimum Gasteiger partial charge on any atom is -0.277 e. The Kier molecular flexibility index (Phi) is 5.64. The molecule has 0 fully saturated rings. The van der Waals surface area contributed by atoms with Crippen LogP contribution in [0.4, 0.5) is 0 Å². The molecule has 9 rings (SSSR count). The monoisotopic (exact) mass is 580 g/mol. The quantitative estimate of drug-likeness (QED) is 0.208. The fraction of sp³-hybridized carbons (Fsp3) is 0. The Morgan fingerprint density at radius 2 is 1.05 bits per heavy atom. The van der Waals surface area contributed by atoms with Gasteiger partial charge in [-0.3, -0.25) is 4.57 Å². The van der Waals surface area contributed by atoms with Gasteiger partial charge in [-0.1, -0.05) is 133 Å². The molecule has 0 spiro atoms. The third-order valence-corrected chi connectivity index (χ3v) is 9.47. The molecule has 0 unspecified atom stereocenters. The molecule has 0 saturated heterocycles. The second-order valence-electron chi connectivity index (χ2n) is 10.9. The molecule has 4 nitrogen and oxygen atoms in total. The lowest BCUT2D eigenvalue weighted by atomic mass is 10.0. The average molecular weight is 581 g/mol. The molecule has 0 amide bonds. The summed E-state index contributed by atoms with van der Waals surface area (Å²) < 4.78 is 4.76. The molecule has 0 saturated carbocycles. The highest BCUT2D eigenvalue weighted by molar-refractivity contribution is 7.26. The predicted octanol–water partition coefficient (Wildman–Crippen LogP) is 10.3. The SMILES string of the molecule is c1ccc(-c2nc(-c3ccccc3)nc(-n3c4ccccc4c4ccc5sc6c(-c7ccccc7)cccc6c5c43)n2)cc1. The van der Waals surface area contributed by atoms with Gasteiger partial charge in [0.05, 0.1) is 11.0 Å². The Labute approximate surface area is 257 Å². The van der Waals surface area contributed by atoms with E-state index in [-0.39, 0.29) is 0 Å². The number of thiophene rings is 1. The van der Waals surface area contributed by atoms with Crippen LogP contribution >= 0.6 is 11.3 Å². The van der Waals surface area contributed by atoms with Crippen LogP contribution in [0.25, 0.3) is 81.8 Å². The summed E-state index contributed by atoms with van der Waals surface area (Å²) in [7, 11) is 0. The standard InChI is InChI=1S/C39H24N4S/c1-4-13-25(14-5-1)28-20-12-21-31-34-33(44-36(28)31)24-23-30-29-19-10-11-22-32(29)43(35(30)34)39-41-37(26-15-6-2-7-16-26)40-38(42-39)27-17-8-3-9-18-27/h1-24H. The minimum atomic E-state index is 0.606. The Balaban J connectivity index is 1.42. The van der Waals surface area contributed by atoms with Crippen molar-refractivity contribution in [3.8, 4) is 39.9 Å². The van der Waals surface area contributed by atoms with Crippen LogP contribution in [-0.4, -0.2) is 19.5 Å². The van der Waals surface area contributed by atoms with Gasteiger partial charge in [-0.15, -0.1) is 11.3 Å². The van der Waals surface area contributed by atoms with E-state index in [1.54, 1.807) is 0 Å². The Bertz CT molecular complexity index is 2420. The maximum absolute atomic E-state index is 5.15. The van der Waals surface area contributed by atoms with Crippen molar-refractivity contribution in [2.45, 2.75) is 0 Å². The zero-order valence-corrected chi connectivity index (χ0v) is 24.4. The van der Waals surface area contributed by atoms with Crippen LogP contribution in [0.3, 0.4) is 0 Å². The lowest BCUT2D eigenvalue weighted by molar-refractivity contribution is 0.955. The maximum atomic E-state index is 5.15. The van der Waals surface area contributed by atoms with Crippen LogP contribution in [0.2, 0.25) is 0 Å². The first-order valence-corrected chi connectivity index (χ1v) is 15.5. The summed E-state index contributed by atoms with van der Waals surface area (Å²) in [5.74, 6) is 1.90. The van der Waals surface area contributed by atoms with Crippen LogP contribution in [-0.2, 0) is 0 Å². The van der Waals surface area contributed by atoms with Crippen molar-refractivity contribution in [2.24, 2.45) is 0 Å². The Hall–Kier alpha value is -5.65. The zero-order chi connectivity index (χ0) is 29.0. The van der Waals surface area contributed by atoms with Crippen LogP contribution < -0.4 is 0 Å². The summed E-state index contributed by atoms with van der Waals surface area (Å²) in [6.07, 6.45) is 0. The summed E-state index contributed by atoms with van der Waals surface area (Å²) in [6.45, 7) is 0. The summed E-state index contributed by atoms with van der Waals surface area (Å²) >= 11 is 1.85. The molecule has 0 bridgehead atoms. The van der Waals surface area contributed by atoms with Crippen molar-refractivity contribution in [3.05, 3.63) is 146 Å². The van der Waals surface area contributed by atoms with E-state index in [9.17, 15) is 0 Å². The van der Waals surface area contributed by atoms with E-state index in [0.717, 1.165) is 22.2 Å². The van der Waals surface area contributed by atoms with E-state index in [1.165, 1.54) is 42.1 Å². The largest absolute Gasteiger partial charge is 0.277 e. The average Bonchev–Trinajstić information content (AvgIpc) is 3.65. The number of fused-ring (bicyclic) bond motifs is 7. The lowest BCUT2D eigenvalue weighted by Crippen LogP contribution is -2.06. The van der Waals surface area contributed by atoms with Crippen LogP contribution in [0.5, 0.6) is 0 Å². The number of nitrogens with zero attached hydrogens (tertiary/aromatic N) is 4. The highest BCUT2D eigenvalue weighted by atomic mass is 32.1.